The van der Waals surface area contributed by atoms with Crippen LogP contribution in [-0.2, 0) is 6.42 Å². The van der Waals surface area contributed by atoms with Gasteiger partial charge in [-0.3, -0.25) is 15.2 Å². The molecule has 3 aromatic rings. The average Bonchev–Trinajstić information content (AvgIpc) is 3.04. The lowest BCUT2D eigenvalue weighted by atomic mass is 10.3. The Bertz CT molecular complexity index is 715. The molecule has 2 aromatic heterocycles. The Morgan fingerprint density at radius 2 is 2.20 bits per heavy atom. The van der Waals surface area contributed by atoms with E-state index in [9.17, 15) is 4.79 Å². The number of aromatic nitrogens is 4. The van der Waals surface area contributed by atoms with Crippen molar-refractivity contribution in [1.29, 1.82) is 0 Å². The van der Waals surface area contributed by atoms with Crippen LogP contribution in [0.25, 0.3) is 10.2 Å². The minimum Gasteiger partial charge on any atom is -0.295 e. The molecule has 0 saturated carbocycles. The van der Waals surface area contributed by atoms with Gasteiger partial charge in [-0.15, -0.1) is 5.10 Å². The van der Waals surface area contributed by atoms with Crippen molar-refractivity contribution in [1.82, 2.24) is 20.2 Å². The minimum absolute atomic E-state index is 0.146. The van der Waals surface area contributed by atoms with Crippen LogP contribution in [0.2, 0.25) is 0 Å². The number of amides is 1. The second kappa shape index (κ2) is 5.38. The topological polar surface area (TPSA) is 83.6 Å². The molecule has 0 aliphatic rings. The molecule has 2 heterocycles. The molecule has 0 aliphatic heterocycles. The first kappa shape index (κ1) is 12.7. The van der Waals surface area contributed by atoms with Gasteiger partial charge in [0.05, 0.1) is 10.2 Å². The minimum atomic E-state index is -0.345. The average molecular weight is 287 g/mol. The van der Waals surface area contributed by atoms with Gasteiger partial charge >= 0.3 is 0 Å². The van der Waals surface area contributed by atoms with Gasteiger partial charge in [-0.05, 0) is 18.6 Å². The highest BCUT2D eigenvalue weighted by Crippen LogP contribution is 2.25. The van der Waals surface area contributed by atoms with Crippen LogP contribution in [0.1, 0.15) is 29.8 Å². The first-order chi connectivity index (χ1) is 9.76. The predicted molar refractivity (Wildman–Crippen MR) is 78.0 cm³/mol. The van der Waals surface area contributed by atoms with Crippen LogP contribution in [0.3, 0.4) is 0 Å². The summed E-state index contributed by atoms with van der Waals surface area (Å²) >= 11 is 1.43. The Morgan fingerprint density at radius 3 is 3.00 bits per heavy atom. The molecule has 102 valence electrons. The van der Waals surface area contributed by atoms with Gasteiger partial charge in [-0.1, -0.05) is 30.4 Å². The van der Waals surface area contributed by atoms with E-state index in [0.717, 1.165) is 28.9 Å². The Labute approximate surface area is 119 Å². The molecule has 0 bridgehead atoms. The summed E-state index contributed by atoms with van der Waals surface area (Å²) in [6.07, 6.45) is 1.73. The largest absolute Gasteiger partial charge is 0.297 e. The van der Waals surface area contributed by atoms with Crippen LogP contribution >= 0.6 is 11.3 Å². The van der Waals surface area contributed by atoms with E-state index in [0.29, 0.717) is 5.13 Å². The van der Waals surface area contributed by atoms with Crippen LogP contribution < -0.4 is 5.32 Å². The van der Waals surface area contributed by atoms with Gasteiger partial charge in [-0.2, -0.15) is 0 Å². The van der Waals surface area contributed by atoms with E-state index in [-0.39, 0.29) is 11.7 Å². The number of nitrogens with one attached hydrogen (secondary N) is 2. The number of H-pyrrole nitrogens is 1. The van der Waals surface area contributed by atoms with E-state index in [4.69, 9.17) is 0 Å². The van der Waals surface area contributed by atoms with Crippen LogP contribution in [0, 0.1) is 0 Å². The van der Waals surface area contributed by atoms with Crippen molar-refractivity contribution in [3.8, 4) is 0 Å². The summed E-state index contributed by atoms with van der Waals surface area (Å²) in [4.78, 5) is 20.5. The lowest BCUT2D eigenvalue weighted by molar-refractivity contribution is 0.101. The van der Waals surface area contributed by atoms with Gasteiger partial charge in [0, 0.05) is 6.42 Å². The van der Waals surface area contributed by atoms with Crippen LogP contribution in [-0.4, -0.2) is 26.1 Å². The quantitative estimate of drug-likeness (QED) is 0.772. The summed E-state index contributed by atoms with van der Waals surface area (Å²) in [6.45, 7) is 2.05. The van der Waals surface area contributed by atoms with Crippen LogP contribution in [0.4, 0.5) is 5.13 Å². The highest BCUT2D eigenvalue weighted by Gasteiger charge is 2.14. The molecule has 20 heavy (non-hydrogen) atoms. The molecule has 7 heteroatoms. The molecule has 0 aliphatic carbocycles. The summed E-state index contributed by atoms with van der Waals surface area (Å²) in [5.74, 6) is 0.525. The molecule has 0 atom stereocenters. The van der Waals surface area contributed by atoms with Crippen molar-refractivity contribution >= 4 is 32.6 Å². The molecule has 0 radical (unpaired) electrons. The Morgan fingerprint density at radius 1 is 1.35 bits per heavy atom. The molecule has 0 fully saturated rings. The molecule has 6 nitrogen and oxygen atoms in total. The predicted octanol–water partition coefficient (Wildman–Crippen LogP) is 2.62. The van der Waals surface area contributed by atoms with E-state index in [2.05, 4.69) is 25.5 Å². The first-order valence-corrected chi connectivity index (χ1v) is 7.16. The molecule has 3 rings (SSSR count). The summed E-state index contributed by atoms with van der Waals surface area (Å²) in [5, 5.41) is 9.95. The number of fused-ring (bicyclic) bond motifs is 1. The van der Waals surface area contributed by atoms with Crippen molar-refractivity contribution in [2.75, 3.05) is 5.32 Å². The summed E-state index contributed by atoms with van der Waals surface area (Å²) in [5.41, 5.74) is 0.870. The van der Waals surface area contributed by atoms with E-state index in [1.165, 1.54) is 11.3 Å². The molecule has 1 aromatic carbocycles. The Kier molecular flexibility index (Phi) is 3.42. The molecular weight excluding hydrogens is 274 g/mol. The van der Waals surface area contributed by atoms with Crippen molar-refractivity contribution < 1.29 is 4.79 Å². The number of carbonyl (C=O) groups excluding carboxylic acids is 1. The number of thiazole rings is 1. The van der Waals surface area contributed by atoms with Gasteiger partial charge in [0.2, 0.25) is 5.82 Å². The lowest BCUT2D eigenvalue weighted by Gasteiger charge is -1.95. The fourth-order valence-corrected chi connectivity index (χ4v) is 2.69. The normalized spacial score (nSPS) is 10.8. The number of aryl methyl sites for hydroxylation is 1. The molecule has 0 saturated heterocycles. The lowest BCUT2D eigenvalue weighted by Crippen LogP contribution is -2.13. The number of carbonyl (C=O) groups is 1. The first-order valence-electron chi connectivity index (χ1n) is 6.34. The highest BCUT2D eigenvalue weighted by atomic mass is 32.1. The third kappa shape index (κ3) is 2.53. The van der Waals surface area contributed by atoms with Crippen LogP contribution in [0.5, 0.6) is 0 Å². The van der Waals surface area contributed by atoms with E-state index in [1.807, 2.05) is 31.2 Å². The Hall–Kier alpha value is -2.28. The molecule has 0 spiro atoms. The standard InChI is InChI=1S/C13H13N5OS/c1-2-5-10-15-11(18-17-10)12(19)16-13-14-8-6-3-4-7-9(8)20-13/h3-4,6-7H,2,5H2,1H3,(H,14,16,19)(H,15,17,18). The number of nitrogens with zero attached hydrogens (tertiary/aromatic N) is 3. The fraction of sp³-hybridized carbons (Fsp3) is 0.231. The van der Waals surface area contributed by atoms with Crippen molar-refractivity contribution in [3.63, 3.8) is 0 Å². The third-order valence-electron chi connectivity index (χ3n) is 2.74. The molecule has 1 amide bonds. The summed E-state index contributed by atoms with van der Waals surface area (Å²) in [6, 6.07) is 7.74. The summed E-state index contributed by atoms with van der Waals surface area (Å²) < 4.78 is 1.03. The fourth-order valence-electron chi connectivity index (χ4n) is 1.82. The maximum atomic E-state index is 12.0. The number of para-hydroxylation sites is 1. The monoisotopic (exact) mass is 287 g/mol. The number of benzene rings is 1. The van der Waals surface area contributed by atoms with E-state index < -0.39 is 0 Å². The zero-order valence-electron chi connectivity index (χ0n) is 10.9. The second-order valence-corrected chi connectivity index (χ2v) is 5.33. The van der Waals surface area contributed by atoms with Gasteiger partial charge in [0.15, 0.2) is 5.13 Å². The number of rotatable bonds is 4. The SMILES string of the molecule is CCCc1nc(C(=O)Nc2nc3ccccc3s2)n[nH]1. The maximum absolute atomic E-state index is 12.0. The van der Waals surface area contributed by atoms with Gasteiger partial charge in [0.1, 0.15) is 5.82 Å². The van der Waals surface area contributed by atoms with Gasteiger partial charge in [-0.25, -0.2) is 9.97 Å². The Balaban J connectivity index is 1.77. The molecule has 0 unspecified atom stereocenters. The molecule has 2 N–H and O–H groups in total. The number of aromatic amines is 1. The van der Waals surface area contributed by atoms with Crippen molar-refractivity contribution in [2.24, 2.45) is 0 Å². The number of hydrogen-bond donors (Lipinski definition) is 2. The van der Waals surface area contributed by atoms with Crippen LogP contribution in [0.15, 0.2) is 24.3 Å². The third-order valence-corrected chi connectivity index (χ3v) is 3.69. The van der Waals surface area contributed by atoms with E-state index >= 15 is 0 Å². The summed E-state index contributed by atoms with van der Waals surface area (Å²) in [7, 11) is 0. The zero-order valence-corrected chi connectivity index (χ0v) is 11.7. The highest BCUT2D eigenvalue weighted by molar-refractivity contribution is 7.22. The van der Waals surface area contributed by atoms with E-state index in [1.54, 1.807) is 0 Å². The van der Waals surface area contributed by atoms with Gasteiger partial charge < -0.3 is 0 Å². The maximum Gasteiger partial charge on any atom is 0.297 e. The van der Waals surface area contributed by atoms with Crippen molar-refractivity contribution in [3.05, 3.63) is 35.9 Å². The second-order valence-electron chi connectivity index (χ2n) is 4.30. The zero-order chi connectivity index (χ0) is 13.9. The van der Waals surface area contributed by atoms with Crippen molar-refractivity contribution in [2.45, 2.75) is 19.8 Å². The number of anilines is 1. The smallest absolute Gasteiger partial charge is 0.295 e. The molecular formula is C13H13N5OS. The number of hydrogen-bond acceptors (Lipinski definition) is 5. The van der Waals surface area contributed by atoms with Gasteiger partial charge in [0.25, 0.3) is 5.91 Å².